The van der Waals surface area contributed by atoms with Crippen LogP contribution >= 0.6 is 0 Å². The molecule has 2 unspecified atom stereocenters. The van der Waals surface area contributed by atoms with Gasteiger partial charge < -0.3 is 0 Å². The third-order valence-corrected chi connectivity index (χ3v) is 4.36. The molecule has 0 heterocycles. The Bertz CT molecular complexity index is 559. The Morgan fingerprint density at radius 2 is 1.30 bits per heavy atom. The summed E-state index contributed by atoms with van der Waals surface area (Å²) in [6, 6.07) is 21.2. The zero-order chi connectivity index (χ0) is 13.8. The third-order valence-electron chi connectivity index (χ3n) is 4.36. The molecular formula is C19H20O. The van der Waals surface area contributed by atoms with Crippen LogP contribution in [-0.4, -0.2) is 5.78 Å². The largest absolute Gasteiger partial charge is 0.300 e. The van der Waals surface area contributed by atoms with Crippen molar-refractivity contribution >= 4 is 5.78 Å². The zero-order valence-corrected chi connectivity index (χ0v) is 11.7. The average Bonchev–Trinajstić information content (AvgIpc) is 2.71. The number of carbonyl (C=O) groups excluding carboxylic acids is 1. The molecule has 1 aliphatic rings. The summed E-state index contributed by atoms with van der Waals surface area (Å²) in [7, 11) is 0. The lowest BCUT2D eigenvalue weighted by molar-refractivity contribution is -0.119. The van der Waals surface area contributed by atoms with E-state index in [0.29, 0.717) is 24.0 Å². The van der Waals surface area contributed by atoms with Crippen molar-refractivity contribution in [2.75, 3.05) is 0 Å². The molecule has 0 aromatic heterocycles. The molecule has 0 spiro atoms. The number of ketones is 1. The van der Waals surface area contributed by atoms with Crippen LogP contribution in [0.1, 0.15) is 48.6 Å². The van der Waals surface area contributed by atoms with Crippen molar-refractivity contribution in [2.45, 2.75) is 37.5 Å². The molecule has 3 rings (SSSR count). The lowest BCUT2D eigenvalue weighted by Gasteiger charge is -2.25. The van der Waals surface area contributed by atoms with Gasteiger partial charge >= 0.3 is 0 Å². The fraction of sp³-hybridized carbons (Fsp3) is 0.316. The van der Waals surface area contributed by atoms with E-state index in [9.17, 15) is 4.79 Å². The second kappa shape index (κ2) is 6.04. The number of rotatable bonds is 2. The van der Waals surface area contributed by atoms with Gasteiger partial charge in [-0.1, -0.05) is 60.7 Å². The van der Waals surface area contributed by atoms with Crippen LogP contribution < -0.4 is 0 Å². The molecule has 0 radical (unpaired) electrons. The van der Waals surface area contributed by atoms with Gasteiger partial charge in [0.25, 0.3) is 0 Å². The molecule has 2 aromatic carbocycles. The Hall–Kier alpha value is -1.89. The molecule has 0 bridgehead atoms. The van der Waals surface area contributed by atoms with Crippen LogP contribution in [0.5, 0.6) is 0 Å². The van der Waals surface area contributed by atoms with Gasteiger partial charge in [-0.3, -0.25) is 4.79 Å². The van der Waals surface area contributed by atoms with Crippen molar-refractivity contribution in [1.82, 2.24) is 0 Å². The highest BCUT2D eigenvalue weighted by Crippen LogP contribution is 2.41. The monoisotopic (exact) mass is 264 g/mol. The summed E-state index contributed by atoms with van der Waals surface area (Å²) in [5.41, 5.74) is 2.67. The van der Waals surface area contributed by atoms with Gasteiger partial charge in [-0.15, -0.1) is 0 Å². The maximum absolute atomic E-state index is 12.0. The van der Waals surface area contributed by atoms with Crippen LogP contribution in [0.25, 0.3) is 0 Å². The van der Waals surface area contributed by atoms with Crippen LogP contribution in [0, 0.1) is 0 Å². The minimum absolute atomic E-state index is 0.327. The van der Waals surface area contributed by atoms with E-state index in [0.717, 1.165) is 19.3 Å². The molecular weight excluding hydrogens is 244 g/mol. The number of hydrogen-bond donors (Lipinski definition) is 0. The number of benzene rings is 2. The van der Waals surface area contributed by atoms with Gasteiger partial charge in [-0.05, 0) is 35.8 Å². The molecule has 1 aliphatic carbocycles. The van der Waals surface area contributed by atoms with Crippen molar-refractivity contribution in [3.8, 4) is 0 Å². The van der Waals surface area contributed by atoms with E-state index in [-0.39, 0.29) is 0 Å². The van der Waals surface area contributed by atoms with E-state index < -0.39 is 0 Å². The first-order valence-corrected chi connectivity index (χ1v) is 7.46. The maximum atomic E-state index is 12.0. The van der Waals surface area contributed by atoms with Crippen molar-refractivity contribution in [2.24, 2.45) is 0 Å². The Kier molecular flexibility index (Phi) is 3.96. The molecule has 2 atom stereocenters. The predicted molar refractivity (Wildman–Crippen MR) is 81.8 cm³/mol. The van der Waals surface area contributed by atoms with Crippen molar-refractivity contribution < 1.29 is 4.79 Å². The van der Waals surface area contributed by atoms with E-state index in [2.05, 4.69) is 54.6 Å². The predicted octanol–water partition coefficient (Wildman–Crippen LogP) is 4.70. The minimum atomic E-state index is 0.327. The second-order valence-electron chi connectivity index (χ2n) is 5.67. The SMILES string of the molecule is O=C1CCCC(c2ccccc2)C(c2ccccc2)C1. The number of hydrogen-bond acceptors (Lipinski definition) is 1. The first-order valence-electron chi connectivity index (χ1n) is 7.46. The summed E-state index contributed by atoms with van der Waals surface area (Å²) in [6.45, 7) is 0. The molecule has 1 nitrogen and oxygen atoms in total. The van der Waals surface area contributed by atoms with Gasteiger partial charge in [0.05, 0.1) is 0 Å². The van der Waals surface area contributed by atoms with Gasteiger partial charge in [0.15, 0.2) is 0 Å². The van der Waals surface area contributed by atoms with E-state index in [4.69, 9.17) is 0 Å². The summed E-state index contributed by atoms with van der Waals surface area (Å²) in [5.74, 6) is 1.20. The second-order valence-corrected chi connectivity index (χ2v) is 5.67. The van der Waals surface area contributed by atoms with Crippen LogP contribution in [0.2, 0.25) is 0 Å². The van der Waals surface area contributed by atoms with Crippen molar-refractivity contribution in [3.05, 3.63) is 71.8 Å². The number of Topliss-reactive ketones (excluding diaryl/α,β-unsaturated/α-hetero) is 1. The van der Waals surface area contributed by atoms with Gasteiger partial charge in [0.2, 0.25) is 0 Å². The highest BCUT2D eigenvalue weighted by molar-refractivity contribution is 5.79. The van der Waals surface area contributed by atoms with Crippen LogP contribution in [0.4, 0.5) is 0 Å². The minimum Gasteiger partial charge on any atom is -0.300 e. The molecule has 0 N–H and O–H groups in total. The molecule has 1 saturated carbocycles. The first-order chi connectivity index (χ1) is 9.84. The van der Waals surface area contributed by atoms with Gasteiger partial charge in [0.1, 0.15) is 5.78 Å². The summed E-state index contributed by atoms with van der Waals surface area (Å²) in [5, 5.41) is 0. The lowest BCUT2D eigenvalue weighted by Crippen LogP contribution is -2.12. The Labute approximate surface area is 120 Å². The van der Waals surface area contributed by atoms with Crippen LogP contribution in [0.15, 0.2) is 60.7 Å². The molecule has 0 saturated heterocycles. The molecule has 2 aromatic rings. The fourth-order valence-corrected chi connectivity index (χ4v) is 3.36. The number of carbonyl (C=O) groups is 1. The third kappa shape index (κ3) is 2.82. The maximum Gasteiger partial charge on any atom is 0.133 e. The van der Waals surface area contributed by atoms with E-state index in [1.807, 2.05) is 6.07 Å². The highest BCUT2D eigenvalue weighted by atomic mass is 16.1. The Balaban J connectivity index is 1.98. The summed E-state index contributed by atoms with van der Waals surface area (Å²) in [6.07, 6.45) is 3.55. The smallest absolute Gasteiger partial charge is 0.133 e. The van der Waals surface area contributed by atoms with E-state index >= 15 is 0 Å². The van der Waals surface area contributed by atoms with E-state index in [1.165, 1.54) is 11.1 Å². The normalized spacial score (nSPS) is 23.3. The molecule has 0 amide bonds. The summed E-state index contributed by atoms with van der Waals surface area (Å²) >= 11 is 0. The molecule has 102 valence electrons. The molecule has 1 fully saturated rings. The Morgan fingerprint density at radius 1 is 0.750 bits per heavy atom. The van der Waals surface area contributed by atoms with Gasteiger partial charge in [-0.25, -0.2) is 0 Å². The molecule has 1 heteroatoms. The van der Waals surface area contributed by atoms with Crippen molar-refractivity contribution in [3.63, 3.8) is 0 Å². The Morgan fingerprint density at radius 3 is 1.90 bits per heavy atom. The highest BCUT2D eigenvalue weighted by Gasteiger charge is 2.29. The van der Waals surface area contributed by atoms with Crippen molar-refractivity contribution in [1.29, 1.82) is 0 Å². The molecule has 0 aliphatic heterocycles. The fourth-order valence-electron chi connectivity index (χ4n) is 3.36. The lowest BCUT2D eigenvalue weighted by atomic mass is 9.78. The molecule has 20 heavy (non-hydrogen) atoms. The zero-order valence-electron chi connectivity index (χ0n) is 11.7. The van der Waals surface area contributed by atoms with Crippen LogP contribution in [0.3, 0.4) is 0 Å². The quantitative estimate of drug-likeness (QED) is 0.719. The van der Waals surface area contributed by atoms with Crippen LogP contribution in [-0.2, 0) is 4.79 Å². The van der Waals surface area contributed by atoms with E-state index in [1.54, 1.807) is 0 Å². The average molecular weight is 264 g/mol. The van der Waals surface area contributed by atoms with Gasteiger partial charge in [0, 0.05) is 12.8 Å². The topological polar surface area (TPSA) is 17.1 Å². The summed E-state index contributed by atoms with van der Waals surface area (Å²) < 4.78 is 0. The van der Waals surface area contributed by atoms with Gasteiger partial charge in [-0.2, -0.15) is 0 Å². The summed E-state index contributed by atoms with van der Waals surface area (Å²) in [4.78, 5) is 12.0. The first kappa shape index (κ1) is 13.1. The standard InChI is InChI=1S/C19H20O/c20-17-12-7-13-18(15-8-3-1-4-9-15)19(14-17)16-10-5-2-6-11-16/h1-6,8-11,18-19H,7,12-14H2.